The summed E-state index contributed by atoms with van der Waals surface area (Å²) < 4.78 is 32.2. The minimum atomic E-state index is -3.70. The third-order valence-corrected chi connectivity index (χ3v) is 6.64. The number of methoxy groups -OCH3 is 1. The van der Waals surface area contributed by atoms with E-state index in [1.807, 2.05) is 0 Å². The van der Waals surface area contributed by atoms with Gasteiger partial charge in [-0.05, 0) is 12.5 Å². The first-order valence-electron chi connectivity index (χ1n) is 8.21. The van der Waals surface area contributed by atoms with Gasteiger partial charge in [-0.25, -0.2) is 8.42 Å². The largest absolute Gasteiger partial charge is 0.490 e. The Kier molecular flexibility index (Phi) is 5.23. The zero-order valence-electron chi connectivity index (χ0n) is 14.1. The fraction of sp³-hybridized carbons (Fsp3) is 0.600. The molecule has 0 aliphatic carbocycles. The number of nitro groups is 1. The van der Waals surface area contributed by atoms with Gasteiger partial charge in [0.15, 0.2) is 5.75 Å². The zero-order valence-corrected chi connectivity index (χ0v) is 14.9. The molecule has 2 saturated heterocycles. The van der Waals surface area contributed by atoms with E-state index in [0.29, 0.717) is 13.1 Å². The smallest absolute Gasteiger partial charge is 0.310 e. The summed E-state index contributed by atoms with van der Waals surface area (Å²) in [6.45, 7) is 4.58. The molecule has 0 saturated carbocycles. The van der Waals surface area contributed by atoms with Gasteiger partial charge in [-0.3, -0.25) is 15.0 Å². The molecule has 0 spiro atoms. The van der Waals surface area contributed by atoms with Gasteiger partial charge in [0, 0.05) is 57.4 Å². The van der Waals surface area contributed by atoms with Gasteiger partial charge in [-0.1, -0.05) is 0 Å². The van der Waals surface area contributed by atoms with E-state index in [-0.39, 0.29) is 22.4 Å². The lowest BCUT2D eigenvalue weighted by Crippen LogP contribution is -2.49. The first-order chi connectivity index (χ1) is 11.9. The van der Waals surface area contributed by atoms with E-state index in [4.69, 9.17) is 4.74 Å². The SMILES string of the molecule is COc1cc(S(=O)(=O)N2CCC(N3CCNCC3)C2)ccc1[N+](=O)[O-]. The number of ether oxygens (including phenoxy) is 1. The van der Waals surface area contributed by atoms with Gasteiger partial charge in [0.05, 0.1) is 16.9 Å². The molecule has 0 radical (unpaired) electrons. The molecule has 9 nitrogen and oxygen atoms in total. The Morgan fingerprint density at radius 2 is 2.00 bits per heavy atom. The van der Waals surface area contributed by atoms with Gasteiger partial charge in [0.2, 0.25) is 10.0 Å². The van der Waals surface area contributed by atoms with Crippen molar-refractivity contribution in [3.05, 3.63) is 28.3 Å². The van der Waals surface area contributed by atoms with Gasteiger partial charge in [-0.2, -0.15) is 4.31 Å². The van der Waals surface area contributed by atoms with Crippen molar-refractivity contribution in [1.29, 1.82) is 0 Å². The minimum absolute atomic E-state index is 0.0240. The van der Waals surface area contributed by atoms with E-state index in [2.05, 4.69) is 10.2 Å². The Labute approximate surface area is 146 Å². The van der Waals surface area contributed by atoms with Crippen molar-refractivity contribution in [2.24, 2.45) is 0 Å². The number of hydrogen-bond acceptors (Lipinski definition) is 7. The summed E-state index contributed by atoms with van der Waals surface area (Å²) in [5.41, 5.74) is -0.249. The number of benzene rings is 1. The third-order valence-electron chi connectivity index (χ3n) is 4.78. The standard InChI is InChI=1S/C15H22N4O5S/c1-24-15-10-13(2-3-14(15)19(20)21)25(22,23)18-7-4-12(11-18)17-8-5-16-6-9-17/h2-3,10,12,16H,4-9,11H2,1H3. The van der Waals surface area contributed by atoms with Crippen LogP contribution in [0, 0.1) is 10.1 Å². The summed E-state index contributed by atoms with van der Waals surface area (Å²) in [6, 6.07) is 3.90. The van der Waals surface area contributed by atoms with Crippen LogP contribution < -0.4 is 10.1 Å². The molecular formula is C15H22N4O5S. The number of nitrogens with one attached hydrogen (secondary N) is 1. The average molecular weight is 370 g/mol. The van der Waals surface area contributed by atoms with E-state index in [1.165, 1.54) is 29.6 Å². The second-order valence-corrected chi connectivity index (χ2v) is 8.12. The van der Waals surface area contributed by atoms with Crippen molar-refractivity contribution in [1.82, 2.24) is 14.5 Å². The molecule has 1 unspecified atom stereocenters. The molecule has 1 aromatic rings. The maximum Gasteiger partial charge on any atom is 0.310 e. The lowest BCUT2D eigenvalue weighted by molar-refractivity contribution is -0.385. The maximum atomic E-state index is 12.9. The number of piperazine rings is 1. The summed E-state index contributed by atoms with van der Waals surface area (Å²) in [6.07, 6.45) is 0.795. The molecule has 138 valence electrons. The summed E-state index contributed by atoms with van der Waals surface area (Å²) >= 11 is 0. The Balaban J connectivity index is 1.79. The summed E-state index contributed by atoms with van der Waals surface area (Å²) in [5, 5.41) is 14.3. The van der Waals surface area contributed by atoms with E-state index < -0.39 is 14.9 Å². The van der Waals surface area contributed by atoms with Gasteiger partial charge >= 0.3 is 5.69 Å². The lowest BCUT2D eigenvalue weighted by atomic mass is 10.2. The van der Waals surface area contributed by atoms with Crippen molar-refractivity contribution in [2.75, 3.05) is 46.4 Å². The molecule has 2 aliphatic rings. The number of nitrogens with zero attached hydrogens (tertiary/aromatic N) is 3. The van der Waals surface area contributed by atoms with Crippen LogP contribution in [0.2, 0.25) is 0 Å². The average Bonchev–Trinajstić information content (AvgIpc) is 3.12. The van der Waals surface area contributed by atoms with Gasteiger partial charge in [0.1, 0.15) is 0 Å². The van der Waals surface area contributed by atoms with Gasteiger partial charge in [0.25, 0.3) is 0 Å². The van der Waals surface area contributed by atoms with Crippen molar-refractivity contribution >= 4 is 15.7 Å². The van der Waals surface area contributed by atoms with Crippen molar-refractivity contribution < 1.29 is 18.1 Å². The molecule has 1 N–H and O–H groups in total. The predicted octanol–water partition coefficient (Wildman–Crippen LogP) is 0.272. The van der Waals surface area contributed by atoms with Crippen LogP contribution in [0.4, 0.5) is 5.69 Å². The van der Waals surface area contributed by atoms with E-state index in [0.717, 1.165) is 32.6 Å². The maximum absolute atomic E-state index is 12.9. The van der Waals surface area contributed by atoms with Gasteiger partial charge in [-0.15, -0.1) is 0 Å². The highest BCUT2D eigenvalue weighted by atomic mass is 32.2. The van der Waals surface area contributed by atoms with Crippen LogP contribution >= 0.6 is 0 Å². The number of rotatable bonds is 5. The highest BCUT2D eigenvalue weighted by Crippen LogP contribution is 2.32. The van der Waals surface area contributed by atoms with Crippen molar-refractivity contribution in [3.8, 4) is 5.75 Å². The second kappa shape index (κ2) is 7.24. The number of sulfonamides is 1. The molecule has 1 aromatic carbocycles. The summed E-state index contributed by atoms with van der Waals surface area (Å²) in [4.78, 5) is 12.7. The quantitative estimate of drug-likeness (QED) is 0.586. The van der Waals surface area contributed by atoms with Crippen LogP contribution in [0.1, 0.15) is 6.42 Å². The molecule has 3 rings (SSSR count). The Morgan fingerprint density at radius 3 is 2.64 bits per heavy atom. The number of hydrogen-bond donors (Lipinski definition) is 1. The number of nitro benzene ring substituents is 1. The summed E-state index contributed by atoms with van der Waals surface area (Å²) in [7, 11) is -2.41. The molecule has 10 heteroatoms. The van der Waals surface area contributed by atoms with Crippen LogP contribution in [0.3, 0.4) is 0 Å². The predicted molar refractivity (Wildman–Crippen MR) is 91.3 cm³/mol. The Morgan fingerprint density at radius 1 is 1.28 bits per heavy atom. The highest BCUT2D eigenvalue weighted by Gasteiger charge is 2.36. The normalized spacial score (nSPS) is 22.8. The van der Waals surface area contributed by atoms with Crippen LogP contribution in [0.15, 0.2) is 23.1 Å². The molecule has 2 heterocycles. The van der Waals surface area contributed by atoms with E-state index in [9.17, 15) is 18.5 Å². The lowest BCUT2D eigenvalue weighted by Gasteiger charge is -2.32. The molecule has 0 aromatic heterocycles. The Hall–Kier alpha value is -1.75. The van der Waals surface area contributed by atoms with E-state index in [1.54, 1.807) is 0 Å². The fourth-order valence-corrected chi connectivity index (χ4v) is 4.90. The molecule has 25 heavy (non-hydrogen) atoms. The molecule has 2 aliphatic heterocycles. The molecule has 2 fully saturated rings. The van der Waals surface area contributed by atoms with Crippen molar-refractivity contribution in [3.63, 3.8) is 0 Å². The minimum Gasteiger partial charge on any atom is -0.490 e. The first kappa shape index (κ1) is 18.1. The van der Waals surface area contributed by atoms with Gasteiger partial charge < -0.3 is 10.1 Å². The first-order valence-corrected chi connectivity index (χ1v) is 9.65. The second-order valence-electron chi connectivity index (χ2n) is 6.18. The fourth-order valence-electron chi connectivity index (χ4n) is 3.39. The molecular weight excluding hydrogens is 348 g/mol. The Bertz CT molecular complexity index is 748. The van der Waals surface area contributed by atoms with E-state index >= 15 is 0 Å². The van der Waals surface area contributed by atoms with Crippen molar-refractivity contribution in [2.45, 2.75) is 17.4 Å². The van der Waals surface area contributed by atoms with Crippen LogP contribution in [0.5, 0.6) is 5.75 Å². The molecule has 0 bridgehead atoms. The highest BCUT2D eigenvalue weighted by molar-refractivity contribution is 7.89. The topological polar surface area (TPSA) is 105 Å². The van der Waals surface area contributed by atoms with Crippen LogP contribution in [0.25, 0.3) is 0 Å². The third kappa shape index (κ3) is 3.61. The van der Waals surface area contributed by atoms with Crippen LogP contribution in [-0.4, -0.2) is 75.0 Å². The molecule has 1 atom stereocenters. The zero-order chi connectivity index (χ0) is 18.0. The monoisotopic (exact) mass is 370 g/mol. The van der Waals surface area contributed by atoms with Crippen LogP contribution in [-0.2, 0) is 10.0 Å². The molecule has 0 amide bonds. The summed E-state index contributed by atoms with van der Waals surface area (Å²) in [5.74, 6) is -0.0519.